The number of oxazole rings is 1. The predicted molar refractivity (Wildman–Crippen MR) is 93.4 cm³/mol. The zero-order chi connectivity index (χ0) is 18.4. The number of aliphatic carboxylic acids is 1. The number of aryl methyl sites for hydroxylation is 1. The van der Waals surface area contributed by atoms with Crippen molar-refractivity contribution in [2.45, 2.75) is 25.7 Å². The van der Waals surface area contributed by atoms with Gasteiger partial charge in [0.05, 0.1) is 11.6 Å². The lowest BCUT2D eigenvalue weighted by molar-refractivity contribution is -0.154. The molecule has 1 aromatic carbocycles. The van der Waals surface area contributed by atoms with Gasteiger partial charge in [-0.25, -0.2) is 4.98 Å². The van der Waals surface area contributed by atoms with E-state index >= 15 is 0 Å². The molecule has 0 spiro atoms. The standard InChI is InChI=1S/C19H22N2O5/c22-16(21-13-19(18(23)24)8-10-25-11-9-19)6-7-17-20-12-15(26-17)14-4-2-1-3-5-14/h1-5,12H,6-11,13H2,(H,21,22)(H,23,24). The number of carbonyl (C=O) groups excluding carboxylic acids is 1. The van der Waals surface area contributed by atoms with Gasteiger partial charge < -0.3 is 19.6 Å². The molecule has 1 fully saturated rings. The van der Waals surface area contributed by atoms with E-state index in [2.05, 4.69) is 10.3 Å². The number of hydrogen-bond donors (Lipinski definition) is 2. The second kappa shape index (κ2) is 8.14. The highest BCUT2D eigenvalue weighted by Gasteiger charge is 2.40. The summed E-state index contributed by atoms with van der Waals surface area (Å²) in [4.78, 5) is 27.9. The van der Waals surface area contributed by atoms with Crippen molar-refractivity contribution in [1.82, 2.24) is 10.3 Å². The Balaban J connectivity index is 1.50. The smallest absolute Gasteiger partial charge is 0.311 e. The van der Waals surface area contributed by atoms with Gasteiger partial charge in [-0.1, -0.05) is 30.3 Å². The molecule has 7 heteroatoms. The minimum atomic E-state index is -0.933. The summed E-state index contributed by atoms with van der Waals surface area (Å²) in [6.07, 6.45) is 3.01. The molecule has 1 aliphatic heterocycles. The molecule has 7 nitrogen and oxygen atoms in total. The number of carboxylic acid groups (broad SMARTS) is 1. The molecule has 1 aliphatic rings. The summed E-state index contributed by atoms with van der Waals surface area (Å²) in [6.45, 7) is 0.923. The average molecular weight is 358 g/mol. The Hall–Kier alpha value is -2.67. The third kappa shape index (κ3) is 4.29. The largest absolute Gasteiger partial charge is 0.481 e. The average Bonchev–Trinajstić information content (AvgIpc) is 3.15. The number of benzene rings is 1. The molecule has 0 radical (unpaired) electrons. The molecule has 26 heavy (non-hydrogen) atoms. The maximum atomic E-state index is 12.1. The molecule has 1 saturated heterocycles. The highest BCUT2D eigenvalue weighted by Crippen LogP contribution is 2.30. The van der Waals surface area contributed by atoms with Crippen LogP contribution < -0.4 is 5.32 Å². The fourth-order valence-electron chi connectivity index (χ4n) is 2.97. The van der Waals surface area contributed by atoms with E-state index in [0.717, 1.165) is 5.56 Å². The molecule has 0 saturated carbocycles. The number of amides is 1. The molecule has 1 aromatic heterocycles. The normalized spacial score (nSPS) is 16.2. The van der Waals surface area contributed by atoms with E-state index in [0.29, 0.717) is 44.1 Å². The van der Waals surface area contributed by atoms with Crippen LogP contribution in [-0.4, -0.2) is 41.7 Å². The fraction of sp³-hybridized carbons (Fsp3) is 0.421. The van der Waals surface area contributed by atoms with Crippen LogP contribution >= 0.6 is 0 Å². The summed E-state index contributed by atoms with van der Waals surface area (Å²) in [5, 5.41) is 12.2. The van der Waals surface area contributed by atoms with E-state index in [1.165, 1.54) is 0 Å². The van der Waals surface area contributed by atoms with Crippen molar-refractivity contribution in [2.24, 2.45) is 5.41 Å². The highest BCUT2D eigenvalue weighted by molar-refractivity contribution is 5.79. The van der Waals surface area contributed by atoms with Gasteiger partial charge in [0.1, 0.15) is 0 Å². The first-order valence-corrected chi connectivity index (χ1v) is 8.67. The number of ether oxygens (including phenoxy) is 1. The molecule has 138 valence electrons. The molecule has 2 aromatic rings. The molecule has 0 unspecified atom stereocenters. The summed E-state index contributed by atoms with van der Waals surface area (Å²) in [5.41, 5.74) is -0.00394. The van der Waals surface area contributed by atoms with Crippen molar-refractivity contribution in [1.29, 1.82) is 0 Å². The van der Waals surface area contributed by atoms with Crippen LogP contribution in [0.4, 0.5) is 0 Å². The van der Waals surface area contributed by atoms with Crippen molar-refractivity contribution in [3.8, 4) is 11.3 Å². The Morgan fingerprint density at radius 2 is 1.92 bits per heavy atom. The van der Waals surface area contributed by atoms with Crippen molar-refractivity contribution in [3.63, 3.8) is 0 Å². The van der Waals surface area contributed by atoms with E-state index < -0.39 is 11.4 Å². The number of aromatic nitrogens is 1. The molecule has 0 bridgehead atoms. The first-order valence-electron chi connectivity index (χ1n) is 8.67. The maximum Gasteiger partial charge on any atom is 0.311 e. The molecule has 2 N–H and O–H groups in total. The van der Waals surface area contributed by atoms with Gasteiger partial charge in [-0.05, 0) is 12.8 Å². The fourth-order valence-corrected chi connectivity index (χ4v) is 2.97. The monoisotopic (exact) mass is 358 g/mol. The van der Waals surface area contributed by atoms with Gasteiger partial charge in [0.25, 0.3) is 0 Å². The third-order valence-corrected chi connectivity index (χ3v) is 4.71. The van der Waals surface area contributed by atoms with Crippen LogP contribution in [0.15, 0.2) is 40.9 Å². The van der Waals surface area contributed by atoms with Gasteiger partial charge >= 0.3 is 5.97 Å². The number of nitrogens with zero attached hydrogens (tertiary/aromatic N) is 1. The van der Waals surface area contributed by atoms with E-state index in [1.807, 2.05) is 30.3 Å². The van der Waals surface area contributed by atoms with E-state index in [1.54, 1.807) is 6.20 Å². The Kier molecular flexibility index (Phi) is 5.68. The lowest BCUT2D eigenvalue weighted by Gasteiger charge is -2.33. The molecular weight excluding hydrogens is 336 g/mol. The summed E-state index contributed by atoms with van der Waals surface area (Å²) >= 11 is 0. The van der Waals surface area contributed by atoms with Gasteiger partial charge in [-0.15, -0.1) is 0 Å². The van der Waals surface area contributed by atoms with Gasteiger partial charge in [0, 0.05) is 38.2 Å². The topological polar surface area (TPSA) is 102 Å². The van der Waals surface area contributed by atoms with Crippen LogP contribution in [0.5, 0.6) is 0 Å². The van der Waals surface area contributed by atoms with Gasteiger partial charge in [-0.2, -0.15) is 0 Å². The Morgan fingerprint density at radius 3 is 2.62 bits per heavy atom. The lowest BCUT2D eigenvalue weighted by Crippen LogP contribution is -2.46. The first kappa shape index (κ1) is 18.1. The van der Waals surface area contributed by atoms with E-state index in [4.69, 9.17) is 9.15 Å². The Morgan fingerprint density at radius 1 is 1.19 bits per heavy atom. The van der Waals surface area contributed by atoms with E-state index in [-0.39, 0.29) is 18.9 Å². The molecular formula is C19H22N2O5. The summed E-state index contributed by atoms with van der Waals surface area (Å²) < 4.78 is 10.9. The van der Waals surface area contributed by atoms with Gasteiger partial charge in [0.2, 0.25) is 5.91 Å². The van der Waals surface area contributed by atoms with Crippen LogP contribution in [0.25, 0.3) is 11.3 Å². The van der Waals surface area contributed by atoms with Crippen molar-refractivity contribution in [2.75, 3.05) is 19.8 Å². The zero-order valence-electron chi connectivity index (χ0n) is 14.4. The lowest BCUT2D eigenvalue weighted by atomic mass is 9.80. The second-order valence-electron chi connectivity index (χ2n) is 6.46. The second-order valence-corrected chi connectivity index (χ2v) is 6.46. The van der Waals surface area contributed by atoms with Crippen molar-refractivity contribution >= 4 is 11.9 Å². The van der Waals surface area contributed by atoms with Gasteiger partial charge in [0.15, 0.2) is 11.7 Å². The number of carbonyl (C=O) groups is 2. The predicted octanol–water partition coefficient (Wildman–Crippen LogP) is 2.27. The SMILES string of the molecule is O=C(CCc1ncc(-c2ccccc2)o1)NCC1(C(=O)O)CCOCC1. The van der Waals surface area contributed by atoms with Crippen LogP contribution in [0, 0.1) is 5.41 Å². The zero-order valence-corrected chi connectivity index (χ0v) is 14.4. The van der Waals surface area contributed by atoms with Gasteiger partial charge in [-0.3, -0.25) is 9.59 Å². The molecule has 1 amide bonds. The van der Waals surface area contributed by atoms with Crippen molar-refractivity contribution < 1.29 is 23.8 Å². The number of nitrogens with one attached hydrogen (secondary N) is 1. The molecule has 0 aliphatic carbocycles. The van der Waals surface area contributed by atoms with Crippen LogP contribution in [0.3, 0.4) is 0 Å². The quantitative estimate of drug-likeness (QED) is 0.787. The Labute approximate surface area is 151 Å². The first-order chi connectivity index (χ1) is 12.6. The van der Waals surface area contributed by atoms with Crippen LogP contribution in [-0.2, 0) is 20.7 Å². The summed E-state index contributed by atoms with van der Waals surface area (Å²) in [6, 6.07) is 9.61. The third-order valence-electron chi connectivity index (χ3n) is 4.71. The molecule has 2 heterocycles. The Bertz CT molecular complexity index is 750. The minimum absolute atomic E-state index is 0.116. The number of carboxylic acids is 1. The minimum Gasteiger partial charge on any atom is -0.481 e. The number of hydrogen-bond acceptors (Lipinski definition) is 5. The van der Waals surface area contributed by atoms with Crippen LogP contribution in [0.1, 0.15) is 25.2 Å². The maximum absolute atomic E-state index is 12.1. The van der Waals surface area contributed by atoms with Crippen molar-refractivity contribution in [3.05, 3.63) is 42.4 Å². The van der Waals surface area contributed by atoms with Crippen LogP contribution in [0.2, 0.25) is 0 Å². The summed E-state index contributed by atoms with van der Waals surface area (Å²) in [5.74, 6) is 0.0453. The van der Waals surface area contributed by atoms with E-state index in [9.17, 15) is 14.7 Å². The number of rotatable bonds is 7. The molecule has 0 atom stereocenters. The summed E-state index contributed by atoms with van der Waals surface area (Å²) in [7, 11) is 0. The molecule has 3 rings (SSSR count). The highest BCUT2D eigenvalue weighted by atomic mass is 16.5.